The van der Waals surface area contributed by atoms with Crippen LogP contribution in [0.15, 0.2) is 0 Å². The van der Waals surface area contributed by atoms with Crippen molar-refractivity contribution >= 4 is 5.91 Å². The number of nitrogens with zero attached hydrogens (tertiary/aromatic N) is 1. The first-order valence-corrected chi connectivity index (χ1v) is 5.03. The minimum Gasteiger partial charge on any atom is -0.340 e. The smallest absolute Gasteiger partial charge is 0.219 e. The fourth-order valence-electron chi connectivity index (χ4n) is 2.13. The number of hydrogen-bond acceptors (Lipinski definition) is 1. The van der Waals surface area contributed by atoms with E-state index in [1.54, 1.807) is 6.92 Å². The summed E-state index contributed by atoms with van der Waals surface area (Å²) in [5, 5.41) is 0. The van der Waals surface area contributed by atoms with Crippen LogP contribution in [0.25, 0.3) is 0 Å². The quantitative estimate of drug-likeness (QED) is 0.620. The fraction of sp³-hybridized carbons (Fsp3) is 0.900. The highest BCUT2D eigenvalue weighted by Crippen LogP contribution is 2.22. The van der Waals surface area contributed by atoms with Gasteiger partial charge in [-0.1, -0.05) is 19.3 Å². The third-order valence-corrected chi connectivity index (χ3v) is 2.76. The van der Waals surface area contributed by atoms with Crippen LogP contribution in [0.3, 0.4) is 0 Å². The standard InChI is InChI=1S/C10H19NO/c1-3-11(9(2)12)10-7-5-4-6-8-10/h10H,3-8H2,1-2H3. The molecule has 0 aliphatic heterocycles. The van der Waals surface area contributed by atoms with E-state index in [4.69, 9.17) is 0 Å². The molecule has 1 amide bonds. The van der Waals surface area contributed by atoms with E-state index in [-0.39, 0.29) is 5.91 Å². The average molecular weight is 169 g/mol. The molecule has 0 saturated heterocycles. The monoisotopic (exact) mass is 169 g/mol. The van der Waals surface area contributed by atoms with Gasteiger partial charge >= 0.3 is 0 Å². The molecule has 70 valence electrons. The summed E-state index contributed by atoms with van der Waals surface area (Å²) >= 11 is 0. The SMILES string of the molecule is CCN(C(C)=O)C1CCCCC1. The van der Waals surface area contributed by atoms with Crippen molar-refractivity contribution < 1.29 is 4.79 Å². The largest absolute Gasteiger partial charge is 0.340 e. The lowest BCUT2D eigenvalue weighted by Crippen LogP contribution is -2.39. The van der Waals surface area contributed by atoms with Gasteiger partial charge in [0.25, 0.3) is 0 Å². The second kappa shape index (κ2) is 4.48. The Hall–Kier alpha value is -0.530. The molecule has 0 N–H and O–H groups in total. The van der Waals surface area contributed by atoms with Crippen molar-refractivity contribution in [2.75, 3.05) is 6.54 Å². The molecule has 1 aliphatic carbocycles. The third-order valence-electron chi connectivity index (χ3n) is 2.76. The maximum atomic E-state index is 11.2. The van der Waals surface area contributed by atoms with Gasteiger partial charge in [-0.2, -0.15) is 0 Å². The predicted molar refractivity (Wildman–Crippen MR) is 49.9 cm³/mol. The number of carbonyl (C=O) groups is 1. The molecule has 1 aliphatic rings. The van der Waals surface area contributed by atoms with Crippen molar-refractivity contribution in [1.29, 1.82) is 0 Å². The number of amides is 1. The maximum Gasteiger partial charge on any atom is 0.219 e. The van der Waals surface area contributed by atoms with Crippen LogP contribution in [0.5, 0.6) is 0 Å². The summed E-state index contributed by atoms with van der Waals surface area (Å²) in [4.78, 5) is 13.2. The van der Waals surface area contributed by atoms with Crippen LogP contribution in [0.4, 0.5) is 0 Å². The predicted octanol–water partition coefficient (Wildman–Crippen LogP) is 2.19. The highest BCUT2D eigenvalue weighted by molar-refractivity contribution is 5.73. The van der Waals surface area contributed by atoms with E-state index in [1.165, 1.54) is 32.1 Å². The normalized spacial score (nSPS) is 19.2. The van der Waals surface area contributed by atoms with Gasteiger partial charge in [0.1, 0.15) is 0 Å². The van der Waals surface area contributed by atoms with Gasteiger partial charge in [0.2, 0.25) is 5.91 Å². The Labute approximate surface area is 74.9 Å². The van der Waals surface area contributed by atoms with E-state index in [1.807, 2.05) is 4.90 Å². The zero-order chi connectivity index (χ0) is 8.97. The molecule has 0 heterocycles. The Morgan fingerprint density at radius 2 is 1.92 bits per heavy atom. The lowest BCUT2D eigenvalue weighted by atomic mass is 9.94. The maximum absolute atomic E-state index is 11.2. The van der Waals surface area contributed by atoms with Crippen molar-refractivity contribution in [3.63, 3.8) is 0 Å². The molecule has 0 atom stereocenters. The minimum absolute atomic E-state index is 0.240. The molecule has 0 bridgehead atoms. The second-order valence-corrected chi connectivity index (χ2v) is 3.60. The topological polar surface area (TPSA) is 20.3 Å². The first-order chi connectivity index (χ1) is 5.75. The number of carbonyl (C=O) groups excluding carboxylic acids is 1. The fourth-order valence-corrected chi connectivity index (χ4v) is 2.13. The van der Waals surface area contributed by atoms with Gasteiger partial charge in [0.15, 0.2) is 0 Å². The molecule has 0 radical (unpaired) electrons. The number of hydrogen-bond donors (Lipinski definition) is 0. The Balaban J connectivity index is 2.46. The second-order valence-electron chi connectivity index (χ2n) is 3.60. The van der Waals surface area contributed by atoms with Gasteiger partial charge in [-0.05, 0) is 19.8 Å². The van der Waals surface area contributed by atoms with Gasteiger partial charge in [-0.25, -0.2) is 0 Å². The summed E-state index contributed by atoms with van der Waals surface area (Å²) < 4.78 is 0. The summed E-state index contributed by atoms with van der Waals surface area (Å²) in [6.45, 7) is 4.62. The van der Waals surface area contributed by atoms with Crippen LogP contribution in [0.2, 0.25) is 0 Å². The van der Waals surface area contributed by atoms with E-state index >= 15 is 0 Å². The lowest BCUT2D eigenvalue weighted by molar-refractivity contribution is -0.131. The molecule has 0 aromatic heterocycles. The van der Waals surface area contributed by atoms with E-state index in [9.17, 15) is 4.79 Å². The molecular weight excluding hydrogens is 150 g/mol. The van der Waals surface area contributed by atoms with Crippen molar-refractivity contribution in [1.82, 2.24) is 4.90 Å². The first-order valence-electron chi connectivity index (χ1n) is 5.03. The zero-order valence-corrected chi connectivity index (χ0v) is 8.18. The van der Waals surface area contributed by atoms with Crippen LogP contribution in [0.1, 0.15) is 46.0 Å². The third kappa shape index (κ3) is 2.23. The highest BCUT2D eigenvalue weighted by atomic mass is 16.2. The van der Waals surface area contributed by atoms with Gasteiger partial charge < -0.3 is 4.90 Å². The summed E-state index contributed by atoms with van der Waals surface area (Å²) in [7, 11) is 0. The molecule has 0 aromatic carbocycles. The first kappa shape index (κ1) is 9.56. The molecule has 1 saturated carbocycles. The van der Waals surface area contributed by atoms with Crippen molar-refractivity contribution in [3.05, 3.63) is 0 Å². The van der Waals surface area contributed by atoms with Crippen LogP contribution in [-0.2, 0) is 4.79 Å². The molecule has 0 spiro atoms. The molecule has 12 heavy (non-hydrogen) atoms. The van der Waals surface area contributed by atoms with Crippen LogP contribution < -0.4 is 0 Å². The molecular formula is C10H19NO. The van der Waals surface area contributed by atoms with Crippen molar-refractivity contribution in [2.45, 2.75) is 52.0 Å². The average Bonchev–Trinajstić information content (AvgIpc) is 2.07. The Morgan fingerprint density at radius 1 is 1.33 bits per heavy atom. The van der Waals surface area contributed by atoms with Gasteiger partial charge in [-0.3, -0.25) is 4.79 Å². The number of rotatable bonds is 2. The molecule has 1 fully saturated rings. The highest BCUT2D eigenvalue weighted by Gasteiger charge is 2.21. The minimum atomic E-state index is 0.240. The summed E-state index contributed by atoms with van der Waals surface area (Å²) in [6, 6.07) is 0.543. The molecule has 0 aromatic rings. The summed E-state index contributed by atoms with van der Waals surface area (Å²) in [6.07, 6.45) is 6.38. The van der Waals surface area contributed by atoms with Crippen molar-refractivity contribution in [3.8, 4) is 0 Å². The Morgan fingerprint density at radius 3 is 2.33 bits per heavy atom. The van der Waals surface area contributed by atoms with E-state index in [0.29, 0.717) is 6.04 Å². The Kier molecular flexibility index (Phi) is 3.57. The van der Waals surface area contributed by atoms with E-state index < -0.39 is 0 Å². The van der Waals surface area contributed by atoms with E-state index in [2.05, 4.69) is 6.92 Å². The zero-order valence-electron chi connectivity index (χ0n) is 8.18. The molecule has 1 rings (SSSR count). The van der Waals surface area contributed by atoms with E-state index in [0.717, 1.165) is 6.54 Å². The van der Waals surface area contributed by atoms with Crippen LogP contribution in [0, 0.1) is 0 Å². The molecule has 2 nitrogen and oxygen atoms in total. The van der Waals surface area contributed by atoms with Gasteiger partial charge in [0.05, 0.1) is 0 Å². The van der Waals surface area contributed by atoms with Gasteiger partial charge in [0, 0.05) is 19.5 Å². The molecule has 2 heteroatoms. The molecule has 0 unspecified atom stereocenters. The van der Waals surface area contributed by atoms with Crippen molar-refractivity contribution in [2.24, 2.45) is 0 Å². The Bertz CT molecular complexity index is 150. The van der Waals surface area contributed by atoms with Crippen LogP contribution >= 0.6 is 0 Å². The lowest BCUT2D eigenvalue weighted by Gasteiger charge is -2.32. The summed E-state index contributed by atoms with van der Waals surface area (Å²) in [5.74, 6) is 0.240. The van der Waals surface area contributed by atoms with Gasteiger partial charge in [-0.15, -0.1) is 0 Å². The van der Waals surface area contributed by atoms with Crippen LogP contribution in [-0.4, -0.2) is 23.4 Å². The summed E-state index contributed by atoms with van der Waals surface area (Å²) in [5.41, 5.74) is 0.